The lowest BCUT2D eigenvalue weighted by Crippen LogP contribution is -2.03. The van der Waals surface area contributed by atoms with E-state index >= 15 is 0 Å². The summed E-state index contributed by atoms with van der Waals surface area (Å²) in [6.45, 7) is 0. The van der Waals surface area contributed by atoms with Gasteiger partial charge < -0.3 is 4.74 Å². The van der Waals surface area contributed by atoms with Gasteiger partial charge in [-0.3, -0.25) is 4.79 Å². The fourth-order valence-corrected chi connectivity index (χ4v) is 1.99. The predicted octanol–water partition coefficient (Wildman–Crippen LogP) is 3.91. The molecule has 0 amide bonds. The van der Waals surface area contributed by atoms with Crippen LogP contribution in [0.4, 0.5) is 4.39 Å². The van der Waals surface area contributed by atoms with E-state index in [1.165, 1.54) is 19.2 Å². The second-order valence-electron chi connectivity index (χ2n) is 4.08. The van der Waals surface area contributed by atoms with Crippen molar-refractivity contribution < 1.29 is 13.9 Å². The largest absolute Gasteiger partial charge is 0.495 e. The number of hydrogen-bond acceptors (Lipinski definition) is 2. The SMILES string of the molecule is COc1ccc(C(=O)Cc2ccc(F)cc2)cc1Cl. The first-order valence-electron chi connectivity index (χ1n) is 5.71. The highest BCUT2D eigenvalue weighted by Crippen LogP contribution is 2.25. The van der Waals surface area contributed by atoms with Gasteiger partial charge in [-0.15, -0.1) is 0 Å². The van der Waals surface area contributed by atoms with E-state index in [4.69, 9.17) is 16.3 Å². The van der Waals surface area contributed by atoms with Crippen molar-refractivity contribution in [2.24, 2.45) is 0 Å². The van der Waals surface area contributed by atoms with Crippen molar-refractivity contribution in [1.82, 2.24) is 0 Å². The predicted molar refractivity (Wildman–Crippen MR) is 72.4 cm³/mol. The molecule has 0 unspecified atom stereocenters. The van der Waals surface area contributed by atoms with Crippen LogP contribution in [0.3, 0.4) is 0 Å². The minimum Gasteiger partial charge on any atom is -0.495 e. The average molecular weight is 279 g/mol. The van der Waals surface area contributed by atoms with Gasteiger partial charge in [-0.25, -0.2) is 4.39 Å². The Balaban J connectivity index is 2.16. The maximum atomic E-state index is 12.8. The van der Waals surface area contributed by atoms with E-state index in [1.807, 2.05) is 0 Å². The summed E-state index contributed by atoms with van der Waals surface area (Å²) in [5, 5.41) is 0.396. The van der Waals surface area contributed by atoms with E-state index in [0.717, 1.165) is 5.56 Å². The Hall–Kier alpha value is -1.87. The summed E-state index contributed by atoms with van der Waals surface area (Å²) in [6.07, 6.45) is 0.211. The van der Waals surface area contributed by atoms with Crippen molar-refractivity contribution in [2.45, 2.75) is 6.42 Å². The average Bonchev–Trinajstić information content (AvgIpc) is 2.41. The topological polar surface area (TPSA) is 26.3 Å². The van der Waals surface area contributed by atoms with Crippen molar-refractivity contribution in [2.75, 3.05) is 7.11 Å². The Morgan fingerprint density at radius 1 is 1.21 bits per heavy atom. The molecule has 0 bridgehead atoms. The molecule has 19 heavy (non-hydrogen) atoms. The number of carbonyl (C=O) groups is 1. The third-order valence-electron chi connectivity index (χ3n) is 2.75. The Bertz CT molecular complexity index is 594. The highest BCUT2D eigenvalue weighted by molar-refractivity contribution is 6.32. The highest BCUT2D eigenvalue weighted by atomic mass is 35.5. The number of methoxy groups -OCH3 is 1. The molecule has 2 aromatic carbocycles. The van der Waals surface area contributed by atoms with Crippen molar-refractivity contribution in [3.05, 3.63) is 64.4 Å². The number of rotatable bonds is 4. The number of Topliss-reactive ketones (excluding diaryl/α,β-unsaturated/α-hetero) is 1. The molecule has 0 aliphatic rings. The lowest BCUT2D eigenvalue weighted by molar-refractivity contribution is 0.0993. The Morgan fingerprint density at radius 2 is 1.89 bits per heavy atom. The van der Waals surface area contributed by atoms with Crippen LogP contribution in [0.5, 0.6) is 5.75 Å². The van der Waals surface area contributed by atoms with Gasteiger partial charge in [0.1, 0.15) is 11.6 Å². The molecule has 2 nitrogen and oxygen atoms in total. The minimum atomic E-state index is -0.316. The Labute approximate surface area is 115 Å². The first-order chi connectivity index (χ1) is 9.10. The molecule has 0 N–H and O–H groups in total. The van der Waals surface area contributed by atoms with Gasteiger partial charge in [-0.05, 0) is 35.9 Å². The molecule has 0 fully saturated rings. The molecule has 0 saturated heterocycles. The zero-order valence-corrected chi connectivity index (χ0v) is 11.1. The summed E-state index contributed by atoms with van der Waals surface area (Å²) in [7, 11) is 1.52. The van der Waals surface area contributed by atoms with Gasteiger partial charge in [-0.2, -0.15) is 0 Å². The van der Waals surface area contributed by atoms with E-state index in [-0.39, 0.29) is 18.0 Å². The second kappa shape index (κ2) is 5.85. The molecule has 0 saturated carbocycles. The zero-order valence-electron chi connectivity index (χ0n) is 10.3. The summed E-state index contributed by atoms with van der Waals surface area (Å²) >= 11 is 5.97. The maximum Gasteiger partial charge on any atom is 0.167 e. The third kappa shape index (κ3) is 3.32. The molecule has 2 rings (SSSR count). The van der Waals surface area contributed by atoms with Crippen molar-refractivity contribution in [3.8, 4) is 5.75 Å². The van der Waals surface area contributed by atoms with Crippen LogP contribution in [0, 0.1) is 5.82 Å². The summed E-state index contributed by atoms with van der Waals surface area (Å²) in [5.74, 6) is 0.139. The third-order valence-corrected chi connectivity index (χ3v) is 3.05. The minimum absolute atomic E-state index is 0.0730. The molecule has 0 spiro atoms. The van der Waals surface area contributed by atoms with E-state index < -0.39 is 0 Å². The van der Waals surface area contributed by atoms with Crippen LogP contribution >= 0.6 is 11.6 Å². The van der Waals surface area contributed by atoms with Gasteiger partial charge in [0.15, 0.2) is 5.78 Å². The van der Waals surface area contributed by atoms with Gasteiger partial charge in [0.05, 0.1) is 12.1 Å². The van der Waals surface area contributed by atoms with Crippen molar-refractivity contribution in [3.63, 3.8) is 0 Å². The first kappa shape index (κ1) is 13.6. The maximum absolute atomic E-state index is 12.8. The standard InChI is InChI=1S/C15H12ClFO2/c1-19-15-7-4-11(9-13(15)16)14(18)8-10-2-5-12(17)6-3-10/h2-7,9H,8H2,1H3. The molecule has 0 aromatic heterocycles. The summed E-state index contributed by atoms with van der Waals surface area (Å²) < 4.78 is 17.8. The Morgan fingerprint density at radius 3 is 2.47 bits per heavy atom. The lowest BCUT2D eigenvalue weighted by atomic mass is 10.0. The van der Waals surface area contributed by atoms with Crippen molar-refractivity contribution in [1.29, 1.82) is 0 Å². The highest BCUT2D eigenvalue weighted by Gasteiger charge is 2.10. The quantitative estimate of drug-likeness (QED) is 0.793. The fourth-order valence-electron chi connectivity index (χ4n) is 1.73. The number of halogens is 2. The number of ether oxygens (including phenoxy) is 1. The first-order valence-corrected chi connectivity index (χ1v) is 6.09. The van der Waals surface area contributed by atoms with E-state index in [2.05, 4.69) is 0 Å². The molecule has 98 valence electrons. The van der Waals surface area contributed by atoms with Crippen LogP contribution in [0.25, 0.3) is 0 Å². The number of ketones is 1. The van der Waals surface area contributed by atoms with Crippen LogP contribution in [0.15, 0.2) is 42.5 Å². The molecule has 0 radical (unpaired) electrons. The molecular formula is C15H12ClFO2. The summed E-state index contributed by atoms with van der Waals surface area (Å²) in [6, 6.07) is 10.8. The van der Waals surface area contributed by atoms with E-state index in [9.17, 15) is 9.18 Å². The van der Waals surface area contributed by atoms with Crippen LogP contribution in [0.1, 0.15) is 15.9 Å². The van der Waals surface area contributed by atoms with Gasteiger partial charge in [-0.1, -0.05) is 23.7 Å². The summed E-state index contributed by atoms with van der Waals surface area (Å²) in [4.78, 5) is 12.1. The number of carbonyl (C=O) groups excluding carboxylic acids is 1. The van der Waals surface area contributed by atoms with E-state index in [0.29, 0.717) is 16.3 Å². The molecule has 0 atom stereocenters. The van der Waals surface area contributed by atoms with Crippen LogP contribution in [0.2, 0.25) is 5.02 Å². The number of hydrogen-bond donors (Lipinski definition) is 0. The lowest BCUT2D eigenvalue weighted by Gasteiger charge is -2.06. The van der Waals surface area contributed by atoms with Gasteiger partial charge in [0.2, 0.25) is 0 Å². The van der Waals surface area contributed by atoms with Gasteiger partial charge in [0, 0.05) is 12.0 Å². The smallest absolute Gasteiger partial charge is 0.167 e. The van der Waals surface area contributed by atoms with Crippen LogP contribution < -0.4 is 4.74 Å². The Kier molecular flexibility index (Phi) is 4.17. The van der Waals surface area contributed by atoms with Crippen molar-refractivity contribution >= 4 is 17.4 Å². The molecule has 0 aliphatic carbocycles. The van der Waals surface area contributed by atoms with Crippen LogP contribution in [-0.2, 0) is 6.42 Å². The second-order valence-corrected chi connectivity index (χ2v) is 4.48. The molecular weight excluding hydrogens is 267 g/mol. The van der Waals surface area contributed by atoms with E-state index in [1.54, 1.807) is 30.3 Å². The van der Waals surface area contributed by atoms with Gasteiger partial charge >= 0.3 is 0 Å². The molecule has 0 heterocycles. The monoisotopic (exact) mass is 278 g/mol. The zero-order chi connectivity index (χ0) is 13.8. The molecule has 0 aliphatic heterocycles. The normalized spacial score (nSPS) is 10.3. The molecule has 2 aromatic rings. The van der Waals surface area contributed by atoms with Crippen LogP contribution in [-0.4, -0.2) is 12.9 Å². The fraction of sp³-hybridized carbons (Fsp3) is 0.133. The van der Waals surface area contributed by atoms with Gasteiger partial charge in [0.25, 0.3) is 0 Å². The number of benzene rings is 2. The molecule has 4 heteroatoms. The summed E-state index contributed by atoms with van der Waals surface area (Å²) in [5.41, 5.74) is 1.27.